The number of hydrogen-bond donors (Lipinski definition) is 0. The van der Waals surface area contributed by atoms with Gasteiger partial charge >= 0.3 is 0 Å². The van der Waals surface area contributed by atoms with Crippen LogP contribution in [-0.2, 0) is 4.79 Å². The lowest BCUT2D eigenvalue weighted by atomic mass is 9.48. The van der Waals surface area contributed by atoms with Crippen molar-refractivity contribution in [2.75, 3.05) is 0 Å². The molecule has 22 heavy (non-hydrogen) atoms. The van der Waals surface area contributed by atoms with Crippen LogP contribution < -0.4 is 0 Å². The van der Waals surface area contributed by atoms with Crippen molar-refractivity contribution < 1.29 is 9.21 Å². The summed E-state index contributed by atoms with van der Waals surface area (Å²) in [5, 5.41) is 0. The van der Waals surface area contributed by atoms with E-state index in [0.29, 0.717) is 11.7 Å². The van der Waals surface area contributed by atoms with E-state index < -0.39 is 0 Å². The van der Waals surface area contributed by atoms with Gasteiger partial charge in [-0.3, -0.25) is 4.79 Å². The van der Waals surface area contributed by atoms with Crippen LogP contribution in [0.15, 0.2) is 40.7 Å². The predicted molar refractivity (Wildman–Crippen MR) is 89.2 cm³/mol. The predicted octanol–water partition coefficient (Wildman–Crippen LogP) is 5.27. The number of fused-ring (bicyclic) bond motifs is 1. The Morgan fingerprint density at radius 1 is 1.27 bits per heavy atom. The Kier molecular flexibility index (Phi) is 3.66. The van der Waals surface area contributed by atoms with Gasteiger partial charge in [-0.2, -0.15) is 0 Å². The second-order valence-corrected chi connectivity index (χ2v) is 7.97. The standard InChI is InChI=1S/C20H26O2/c1-14-12-17(21)18-19(2,3)9-5-10-20(18,4)16(14)7-6-15-8-11-22-13-15/h6-8,11-13,16,18H,5,9-10H2,1-4H3. The molecule has 0 N–H and O–H groups in total. The first kappa shape index (κ1) is 15.3. The maximum Gasteiger partial charge on any atom is 0.159 e. The highest BCUT2D eigenvalue weighted by Crippen LogP contribution is 2.58. The fourth-order valence-electron chi connectivity index (χ4n) is 5.02. The van der Waals surface area contributed by atoms with E-state index in [4.69, 9.17) is 4.42 Å². The Morgan fingerprint density at radius 3 is 2.73 bits per heavy atom. The lowest BCUT2D eigenvalue weighted by Crippen LogP contribution is -2.52. The highest BCUT2D eigenvalue weighted by molar-refractivity contribution is 5.95. The maximum atomic E-state index is 12.7. The van der Waals surface area contributed by atoms with Crippen molar-refractivity contribution in [2.24, 2.45) is 22.7 Å². The van der Waals surface area contributed by atoms with Crippen molar-refractivity contribution in [3.8, 4) is 0 Å². The number of ketones is 1. The number of carbonyl (C=O) groups excluding carboxylic acids is 1. The Balaban J connectivity index is 2.01. The average Bonchev–Trinajstić information content (AvgIpc) is 2.89. The zero-order valence-corrected chi connectivity index (χ0v) is 14.1. The molecule has 0 bridgehead atoms. The van der Waals surface area contributed by atoms with Crippen LogP contribution in [0.5, 0.6) is 0 Å². The van der Waals surface area contributed by atoms with Gasteiger partial charge in [0, 0.05) is 17.4 Å². The van der Waals surface area contributed by atoms with E-state index in [-0.39, 0.29) is 16.7 Å². The largest absolute Gasteiger partial charge is 0.472 e. The lowest BCUT2D eigenvalue weighted by molar-refractivity contribution is -0.134. The molecule has 2 aliphatic carbocycles. The summed E-state index contributed by atoms with van der Waals surface area (Å²) < 4.78 is 5.14. The third-order valence-electron chi connectivity index (χ3n) is 5.86. The van der Waals surface area contributed by atoms with Gasteiger partial charge in [0.25, 0.3) is 0 Å². The van der Waals surface area contributed by atoms with Gasteiger partial charge < -0.3 is 4.42 Å². The molecule has 1 saturated carbocycles. The van der Waals surface area contributed by atoms with E-state index in [1.807, 2.05) is 12.1 Å². The molecule has 3 rings (SSSR count). The molecule has 2 aliphatic rings. The number of furan rings is 1. The number of allylic oxidation sites excluding steroid dienone is 3. The lowest BCUT2D eigenvalue weighted by Gasteiger charge is -2.55. The van der Waals surface area contributed by atoms with E-state index in [2.05, 4.69) is 39.8 Å². The Morgan fingerprint density at radius 2 is 2.05 bits per heavy atom. The summed E-state index contributed by atoms with van der Waals surface area (Å²) in [5.41, 5.74) is 2.39. The van der Waals surface area contributed by atoms with E-state index in [0.717, 1.165) is 18.4 Å². The molecule has 2 heteroatoms. The minimum absolute atomic E-state index is 0.0257. The van der Waals surface area contributed by atoms with Gasteiger partial charge in [0.1, 0.15) is 0 Å². The monoisotopic (exact) mass is 298 g/mol. The van der Waals surface area contributed by atoms with E-state index in [1.165, 1.54) is 12.0 Å². The summed E-state index contributed by atoms with van der Waals surface area (Å²) in [6, 6.07) is 1.97. The van der Waals surface area contributed by atoms with Gasteiger partial charge in [-0.25, -0.2) is 0 Å². The number of carbonyl (C=O) groups is 1. The second-order valence-electron chi connectivity index (χ2n) is 7.97. The van der Waals surface area contributed by atoms with E-state index in [1.54, 1.807) is 12.5 Å². The molecule has 0 aliphatic heterocycles. The molecule has 2 nitrogen and oxygen atoms in total. The zero-order chi connectivity index (χ0) is 16.0. The van der Waals surface area contributed by atoms with Crippen LogP contribution in [0.4, 0.5) is 0 Å². The van der Waals surface area contributed by atoms with Crippen molar-refractivity contribution in [1.82, 2.24) is 0 Å². The highest BCUT2D eigenvalue weighted by Gasteiger charge is 2.54. The summed E-state index contributed by atoms with van der Waals surface area (Å²) in [6.45, 7) is 8.94. The molecule has 3 unspecified atom stereocenters. The number of hydrogen-bond acceptors (Lipinski definition) is 2. The molecule has 1 heterocycles. The molecule has 0 saturated heterocycles. The highest BCUT2D eigenvalue weighted by atomic mass is 16.3. The van der Waals surface area contributed by atoms with Crippen LogP contribution >= 0.6 is 0 Å². The van der Waals surface area contributed by atoms with Gasteiger partial charge in [-0.05, 0) is 42.7 Å². The summed E-state index contributed by atoms with van der Waals surface area (Å²) in [7, 11) is 0. The molecular weight excluding hydrogens is 272 g/mol. The quantitative estimate of drug-likeness (QED) is 0.744. The molecule has 0 radical (unpaired) electrons. The normalized spacial score (nSPS) is 34.5. The fourth-order valence-corrected chi connectivity index (χ4v) is 5.02. The fraction of sp³-hybridized carbons (Fsp3) is 0.550. The minimum Gasteiger partial charge on any atom is -0.472 e. The van der Waals surface area contributed by atoms with E-state index in [9.17, 15) is 4.79 Å². The average molecular weight is 298 g/mol. The van der Waals surface area contributed by atoms with Gasteiger partial charge in [0.2, 0.25) is 0 Å². The van der Waals surface area contributed by atoms with Gasteiger partial charge in [0.05, 0.1) is 12.5 Å². The van der Waals surface area contributed by atoms with Crippen molar-refractivity contribution in [1.29, 1.82) is 0 Å². The summed E-state index contributed by atoms with van der Waals surface area (Å²) in [5.74, 6) is 0.777. The minimum atomic E-state index is 0.0257. The SMILES string of the molecule is CC1=CC(=O)C2C(C)(C)CCCC2(C)C1C=Cc1ccoc1. The molecule has 1 fully saturated rings. The van der Waals surface area contributed by atoms with Crippen molar-refractivity contribution >= 4 is 11.9 Å². The first-order valence-electron chi connectivity index (χ1n) is 8.27. The first-order chi connectivity index (χ1) is 10.3. The number of rotatable bonds is 2. The van der Waals surface area contributed by atoms with Crippen LogP contribution in [0, 0.1) is 22.7 Å². The van der Waals surface area contributed by atoms with Gasteiger partial charge in [0.15, 0.2) is 5.78 Å². The Bertz CT molecular complexity index is 618. The summed E-state index contributed by atoms with van der Waals surface area (Å²) in [4.78, 5) is 12.7. The van der Waals surface area contributed by atoms with Crippen LogP contribution in [0.2, 0.25) is 0 Å². The van der Waals surface area contributed by atoms with Gasteiger partial charge in [-0.1, -0.05) is 44.9 Å². The second kappa shape index (κ2) is 5.26. The molecule has 118 valence electrons. The Labute approximate surface area is 133 Å². The summed E-state index contributed by atoms with van der Waals surface area (Å²) in [6.07, 6.45) is 13.2. The van der Waals surface area contributed by atoms with Crippen LogP contribution in [0.3, 0.4) is 0 Å². The molecule has 0 spiro atoms. The van der Waals surface area contributed by atoms with Crippen LogP contribution in [0.25, 0.3) is 6.08 Å². The summed E-state index contributed by atoms with van der Waals surface area (Å²) >= 11 is 0. The van der Waals surface area contributed by atoms with Crippen LogP contribution in [-0.4, -0.2) is 5.78 Å². The van der Waals surface area contributed by atoms with Crippen molar-refractivity contribution in [3.63, 3.8) is 0 Å². The van der Waals surface area contributed by atoms with Gasteiger partial charge in [-0.15, -0.1) is 0 Å². The third-order valence-corrected chi connectivity index (χ3v) is 5.86. The molecular formula is C20H26O2. The molecule has 0 amide bonds. The van der Waals surface area contributed by atoms with Crippen molar-refractivity contribution in [3.05, 3.63) is 41.9 Å². The van der Waals surface area contributed by atoms with E-state index >= 15 is 0 Å². The Hall–Kier alpha value is -1.57. The molecule has 3 atom stereocenters. The third kappa shape index (κ3) is 2.39. The molecule has 1 aromatic rings. The first-order valence-corrected chi connectivity index (χ1v) is 8.27. The maximum absolute atomic E-state index is 12.7. The molecule has 0 aromatic carbocycles. The topological polar surface area (TPSA) is 30.2 Å². The van der Waals surface area contributed by atoms with Crippen LogP contribution in [0.1, 0.15) is 52.5 Å². The zero-order valence-electron chi connectivity index (χ0n) is 14.1. The smallest absolute Gasteiger partial charge is 0.159 e. The molecule has 1 aromatic heterocycles. The van der Waals surface area contributed by atoms with Crippen molar-refractivity contribution in [2.45, 2.75) is 47.0 Å².